The van der Waals surface area contributed by atoms with E-state index in [2.05, 4.69) is 15.6 Å². The lowest BCUT2D eigenvalue weighted by atomic mass is 10.1. The molecule has 0 aliphatic carbocycles. The SMILES string of the molecule is Cc1c(N(CCO)C(=O)CCC(=O)Nc2ccc3c(c2)CNC3=N)ccc2ccc(=O)[nH]c12. The van der Waals surface area contributed by atoms with Gasteiger partial charge in [0.1, 0.15) is 5.84 Å². The lowest BCUT2D eigenvalue weighted by Gasteiger charge is -2.24. The van der Waals surface area contributed by atoms with E-state index in [0.29, 0.717) is 34.8 Å². The Morgan fingerprint density at radius 3 is 2.73 bits per heavy atom. The first kappa shape index (κ1) is 22.2. The summed E-state index contributed by atoms with van der Waals surface area (Å²) in [4.78, 5) is 41.4. The van der Waals surface area contributed by atoms with Crippen molar-refractivity contribution in [2.45, 2.75) is 26.3 Å². The molecular formula is C24H25N5O4. The summed E-state index contributed by atoms with van der Waals surface area (Å²) in [6.45, 7) is 2.19. The van der Waals surface area contributed by atoms with Gasteiger partial charge in [-0.2, -0.15) is 0 Å². The van der Waals surface area contributed by atoms with Gasteiger partial charge in [0.15, 0.2) is 0 Å². The number of nitrogens with one attached hydrogen (secondary N) is 4. The maximum Gasteiger partial charge on any atom is 0.248 e. The number of carbonyl (C=O) groups excluding carboxylic acids is 2. The van der Waals surface area contributed by atoms with Gasteiger partial charge < -0.3 is 25.6 Å². The summed E-state index contributed by atoms with van der Waals surface area (Å²) in [5.41, 5.74) is 4.06. The van der Waals surface area contributed by atoms with Gasteiger partial charge >= 0.3 is 0 Å². The highest BCUT2D eigenvalue weighted by Gasteiger charge is 2.20. The van der Waals surface area contributed by atoms with Gasteiger partial charge in [0, 0.05) is 48.9 Å². The van der Waals surface area contributed by atoms with E-state index in [-0.39, 0.29) is 43.4 Å². The molecule has 1 aliphatic rings. The molecule has 0 saturated heterocycles. The third-order valence-electron chi connectivity index (χ3n) is 5.73. The number of aryl methyl sites for hydroxylation is 1. The molecule has 0 fully saturated rings. The molecule has 9 nitrogen and oxygen atoms in total. The maximum atomic E-state index is 13.0. The van der Waals surface area contributed by atoms with Gasteiger partial charge in [-0.15, -0.1) is 0 Å². The lowest BCUT2D eigenvalue weighted by molar-refractivity contribution is -0.122. The molecule has 0 atom stereocenters. The zero-order chi connectivity index (χ0) is 23.5. The smallest absolute Gasteiger partial charge is 0.248 e. The fourth-order valence-corrected chi connectivity index (χ4v) is 4.05. The predicted molar refractivity (Wildman–Crippen MR) is 127 cm³/mol. The molecule has 1 aliphatic heterocycles. The third kappa shape index (κ3) is 4.63. The molecule has 0 saturated carbocycles. The van der Waals surface area contributed by atoms with Crippen molar-refractivity contribution in [3.05, 3.63) is 69.5 Å². The zero-order valence-electron chi connectivity index (χ0n) is 18.2. The number of benzene rings is 2. The molecule has 170 valence electrons. The quantitative estimate of drug-likeness (QED) is 0.377. The molecule has 2 heterocycles. The van der Waals surface area contributed by atoms with Crippen LogP contribution < -0.4 is 21.1 Å². The first-order valence-corrected chi connectivity index (χ1v) is 10.7. The summed E-state index contributed by atoms with van der Waals surface area (Å²) < 4.78 is 0. The molecule has 4 rings (SSSR count). The number of pyridine rings is 1. The maximum absolute atomic E-state index is 13.0. The van der Waals surface area contributed by atoms with E-state index >= 15 is 0 Å². The van der Waals surface area contributed by atoms with Gasteiger partial charge in [-0.3, -0.25) is 19.8 Å². The number of carbonyl (C=O) groups is 2. The fourth-order valence-electron chi connectivity index (χ4n) is 4.05. The number of anilines is 2. The second-order valence-electron chi connectivity index (χ2n) is 7.91. The highest BCUT2D eigenvalue weighted by Crippen LogP contribution is 2.27. The lowest BCUT2D eigenvalue weighted by Crippen LogP contribution is -2.34. The Bertz CT molecular complexity index is 1310. The van der Waals surface area contributed by atoms with Crippen LogP contribution in [0.15, 0.2) is 47.3 Å². The summed E-state index contributed by atoms with van der Waals surface area (Å²) in [6, 6.07) is 12.1. The monoisotopic (exact) mass is 447 g/mol. The Labute approximate surface area is 189 Å². The molecule has 3 aromatic rings. The van der Waals surface area contributed by atoms with Crippen molar-refractivity contribution in [3.63, 3.8) is 0 Å². The Kier molecular flexibility index (Phi) is 6.23. The van der Waals surface area contributed by atoms with Gasteiger partial charge in [0.25, 0.3) is 0 Å². The number of aromatic nitrogens is 1. The van der Waals surface area contributed by atoms with Crippen LogP contribution in [0.3, 0.4) is 0 Å². The Balaban J connectivity index is 1.45. The standard InChI is InChI=1S/C24H25N5O4/c1-14-19(6-2-15-3-7-21(32)28-23(14)15)29(10-11-30)22(33)9-8-20(31)27-17-4-5-18-16(12-17)13-26-24(18)25/h2-7,12,30H,8-11,13H2,1H3,(H2,25,26)(H,27,31)(H,28,32). The van der Waals surface area contributed by atoms with Crippen LogP contribution in [0.25, 0.3) is 10.9 Å². The second kappa shape index (κ2) is 9.25. The van der Waals surface area contributed by atoms with E-state index in [1.165, 1.54) is 11.0 Å². The summed E-state index contributed by atoms with van der Waals surface area (Å²) in [6.07, 6.45) is -0.0544. The Hall–Kier alpha value is -3.98. The van der Waals surface area contributed by atoms with Crippen molar-refractivity contribution in [2.24, 2.45) is 0 Å². The van der Waals surface area contributed by atoms with Gasteiger partial charge in [0.05, 0.1) is 12.1 Å². The van der Waals surface area contributed by atoms with E-state index < -0.39 is 0 Å². The van der Waals surface area contributed by atoms with Crippen LogP contribution in [0.2, 0.25) is 0 Å². The number of fused-ring (bicyclic) bond motifs is 2. The van der Waals surface area contributed by atoms with Crippen LogP contribution in [-0.4, -0.2) is 40.9 Å². The molecule has 0 radical (unpaired) electrons. The van der Waals surface area contributed by atoms with E-state index in [1.54, 1.807) is 37.3 Å². The first-order valence-electron chi connectivity index (χ1n) is 10.7. The van der Waals surface area contributed by atoms with Crippen LogP contribution in [0.4, 0.5) is 11.4 Å². The molecule has 1 aromatic heterocycles. The number of nitrogens with zero attached hydrogens (tertiary/aromatic N) is 1. The van der Waals surface area contributed by atoms with Crippen molar-refractivity contribution in [1.82, 2.24) is 10.3 Å². The summed E-state index contributed by atoms with van der Waals surface area (Å²) >= 11 is 0. The van der Waals surface area contributed by atoms with Gasteiger partial charge in [-0.25, -0.2) is 0 Å². The van der Waals surface area contributed by atoms with Crippen LogP contribution in [0.5, 0.6) is 0 Å². The van der Waals surface area contributed by atoms with Crippen molar-refractivity contribution in [3.8, 4) is 0 Å². The van der Waals surface area contributed by atoms with Gasteiger partial charge in [-0.05, 0) is 53.8 Å². The highest BCUT2D eigenvalue weighted by atomic mass is 16.3. The third-order valence-corrected chi connectivity index (χ3v) is 5.73. The van der Waals surface area contributed by atoms with Gasteiger partial charge in [0.2, 0.25) is 17.4 Å². The number of H-pyrrole nitrogens is 1. The molecule has 33 heavy (non-hydrogen) atoms. The first-order chi connectivity index (χ1) is 15.9. The minimum Gasteiger partial charge on any atom is -0.395 e. The largest absolute Gasteiger partial charge is 0.395 e. The number of aliphatic hydroxyl groups is 1. The number of aromatic amines is 1. The van der Waals surface area contributed by atoms with Crippen LogP contribution in [-0.2, 0) is 16.1 Å². The Morgan fingerprint density at radius 1 is 1.15 bits per heavy atom. The average molecular weight is 447 g/mol. The van der Waals surface area contributed by atoms with Crippen LogP contribution >= 0.6 is 0 Å². The Morgan fingerprint density at radius 2 is 1.94 bits per heavy atom. The van der Waals surface area contributed by atoms with Crippen molar-refractivity contribution in [1.29, 1.82) is 5.41 Å². The number of hydrogen-bond acceptors (Lipinski definition) is 5. The minimum absolute atomic E-state index is 0.0185. The highest BCUT2D eigenvalue weighted by molar-refractivity contribution is 6.02. The van der Waals surface area contributed by atoms with E-state index in [4.69, 9.17) is 5.41 Å². The second-order valence-corrected chi connectivity index (χ2v) is 7.91. The van der Waals surface area contributed by atoms with Crippen LogP contribution in [0.1, 0.15) is 29.5 Å². The molecule has 0 spiro atoms. The van der Waals surface area contributed by atoms with Crippen molar-refractivity contribution < 1.29 is 14.7 Å². The normalized spacial score (nSPS) is 12.4. The van der Waals surface area contributed by atoms with E-state index in [0.717, 1.165) is 16.5 Å². The van der Waals surface area contributed by atoms with E-state index in [1.807, 2.05) is 6.07 Å². The molecule has 0 unspecified atom stereocenters. The summed E-state index contributed by atoms with van der Waals surface area (Å²) in [7, 11) is 0. The average Bonchev–Trinajstić information content (AvgIpc) is 3.17. The molecule has 9 heteroatoms. The number of amides is 2. The minimum atomic E-state index is -0.300. The molecule has 2 aromatic carbocycles. The van der Waals surface area contributed by atoms with Crippen molar-refractivity contribution >= 4 is 39.9 Å². The summed E-state index contributed by atoms with van der Waals surface area (Å²) in [5.74, 6) is -0.232. The molecule has 2 amide bonds. The van der Waals surface area contributed by atoms with E-state index in [9.17, 15) is 19.5 Å². The molecule has 0 bridgehead atoms. The number of rotatable bonds is 7. The van der Waals surface area contributed by atoms with Gasteiger partial charge in [-0.1, -0.05) is 6.07 Å². The number of hydrogen-bond donors (Lipinski definition) is 5. The van der Waals surface area contributed by atoms with Crippen molar-refractivity contribution in [2.75, 3.05) is 23.4 Å². The molecule has 5 N–H and O–H groups in total. The number of aliphatic hydroxyl groups excluding tert-OH is 1. The summed E-state index contributed by atoms with van der Waals surface area (Å²) in [5, 5.41) is 23.9. The number of amidine groups is 1. The zero-order valence-corrected chi connectivity index (χ0v) is 18.2. The van der Waals surface area contributed by atoms with Crippen LogP contribution in [0, 0.1) is 12.3 Å². The molecular weight excluding hydrogens is 422 g/mol. The topological polar surface area (TPSA) is 138 Å². The fraction of sp³-hybridized carbons (Fsp3) is 0.250. The predicted octanol–water partition coefficient (Wildman–Crippen LogP) is 2.01.